The van der Waals surface area contributed by atoms with Gasteiger partial charge in [0.15, 0.2) is 0 Å². The number of sulfonamides is 1. The zero-order chi connectivity index (χ0) is 24.1. The molecule has 9 nitrogen and oxygen atoms in total. The number of nitro benzene ring substituents is 1. The summed E-state index contributed by atoms with van der Waals surface area (Å²) in [6, 6.07) is 13.2. The van der Waals surface area contributed by atoms with Crippen LogP contribution in [0.15, 0.2) is 53.4 Å². The molecule has 10 heteroatoms. The summed E-state index contributed by atoms with van der Waals surface area (Å²) in [5, 5.41) is 14.9. The van der Waals surface area contributed by atoms with E-state index in [1.807, 2.05) is 23.1 Å². The van der Waals surface area contributed by atoms with Gasteiger partial charge in [-0.1, -0.05) is 31.0 Å². The Morgan fingerprint density at radius 2 is 1.59 bits per heavy atom. The van der Waals surface area contributed by atoms with E-state index >= 15 is 0 Å². The summed E-state index contributed by atoms with van der Waals surface area (Å²) in [5.74, 6) is -0.131. The zero-order valence-electron chi connectivity index (χ0n) is 19.1. The van der Waals surface area contributed by atoms with Crippen molar-refractivity contribution in [2.24, 2.45) is 0 Å². The molecular weight excluding hydrogens is 456 g/mol. The molecule has 0 saturated carbocycles. The predicted molar refractivity (Wildman–Crippen MR) is 129 cm³/mol. The van der Waals surface area contributed by atoms with Crippen molar-refractivity contribution in [3.05, 3.63) is 64.2 Å². The molecule has 4 rings (SSSR count). The molecule has 0 unspecified atom stereocenters. The predicted octanol–water partition coefficient (Wildman–Crippen LogP) is 3.56. The van der Waals surface area contributed by atoms with Crippen LogP contribution >= 0.6 is 0 Å². The number of anilines is 1. The molecule has 34 heavy (non-hydrogen) atoms. The van der Waals surface area contributed by atoms with Gasteiger partial charge in [-0.3, -0.25) is 14.9 Å². The topological polar surface area (TPSA) is 113 Å². The lowest BCUT2D eigenvalue weighted by molar-refractivity contribution is -0.384. The van der Waals surface area contributed by atoms with E-state index in [9.17, 15) is 23.3 Å². The van der Waals surface area contributed by atoms with Gasteiger partial charge >= 0.3 is 0 Å². The average Bonchev–Trinajstić information content (AvgIpc) is 3.15. The molecule has 2 saturated heterocycles. The quantitative estimate of drug-likeness (QED) is 0.493. The first-order chi connectivity index (χ1) is 16.4. The molecule has 2 fully saturated rings. The molecule has 0 aliphatic carbocycles. The molecule has 1 N–H and O–H groups in total. The number of hydrogen-bond donors (Lipinski definition) is 1. The van der Waals surface area contributed by atoms with E-state index in [0.717, 1.165) is 25.7 Å². The third-order valence-electron chi connectivity index (χ3n) is 6.55. The number of nitrogens with one attached hydrogen (secondary N) is 1. The largest absolute Gasteiger partial charge is 0.366 e. The Bertz CT molecular complexity index is 1120. The monoisotopic (exact) mass is 486 g/mol. The van der Waals surface area contributed by atoms with Gasteiger partial charge in [0, 0.05) is 43.9 Å². The lowest BCUT2D eigenvalue weighted by atomic mass is 10.0. The first-order valence-corrected chi connectivity index (χ1v) is 13.2. The summed E-state index contributed by atoms with van der Waals surface area (Å²) in [5.41, 5.74) is 0.803. The van der Waals surface area contributed by atoms with Crippen molar-refractivity contribution in [1.82, 2.24) is 9.62 Å². The summed E-state index contributed by atoms with van der Waals surface area (Å²) in [4.78, 5) is 25.6. The van der Waals surface area contributed by atoms with Crippen LogP contribution in [0.2, 0.25) is 0 Å². The number of nitro groups is 1. The first kappa shape index (κ1) is 24.2. The average molecular weight is 487 g/mol. The standard InChI is InChI=1S/C24H30N4O5S/c29-24(19-8-4-3-5-9-19)25-20-12-16-26(17-13-20)22-11-10-21(18-23(22)28(30)31)34(32,33)27-14-6-1-2-7-15-27/h3-5,8-11,18,20H,1-2,6-7,12-17H2,(H,25,29). The highest BCUT2D eigenvalue weighted by atomic mass is 32.2. The van der Waals surface area contributed by atoms with Crippen LogP contribution < -0.4 is 10.2 Å². The summed E-state index contributed by atoms with van der Waals surface area (Å²) < 4.78 is 27.7. The van der Waals surface area contributed by atoms with E-state index in [1.165, 1.54) is 16.4 Å². The van der Waals surface area contributed by atoms with Gasteiger partial charge in [-0.15, -0.1) is 0 Å². The number of benzene rings is 2. The second kappa shape index (κ2) is 10.5. The Labute approximate surface area is 200 Å². The molecule has 0 radical (unpaired) electrons. The smallest absolute Gasteiger partial charge is 0.293 e. The van der Waals surface area contributed by atoms with Crippen molar-refractivity contribution in [2.75, 3.05) is 31.1 Å². The van der Waals surface area contributed by atoms with Gasteiger partial charge in [0.2, 0.25) is 10.0 Å². The fourth-order valence-electron chi connectivity index (χ4n) is 4.63. The summed E-state index contributed by atoms with van der Waals surface area (Å²) in [6.07, 6.45) is 4.87. The molecule has 2 aliphatic rings. The second-order valence-corrected chi connectivity index (χ2v) is 10.8. The van der Waals surface area contributed by atoms with Crippen LogP contribution in [-0.2, 0) is 10.0 Å². The number of nitrogens with zero attached hydrogens (tertiary/aromatic N) is 3. The molecule has 2 aromatic carbocycles. The van der Waals surface area contributed by atoms with E-state index in [0.29, 0.717) is 50.3 Å². The van der Waals surface area contributed by atoms with E-state index in [-0.39, 0.29) is 22.5 Å². The van der Waals surface area contributed by atoms with Crippen molar-refractivity contribution < 1.29 is 18.1 Å². The molecule has 2 aliphatic heterocycles. The molecule has 182 valence electrons. The summed E-state index contributed by atoms with van der Waals surface area (Å²) in [6.45, 7) is 1.94. The first-order valence-electron chi connectivity index (χ1n) is 11.8. The maximum atomic E-state index is 13.1. The minimum Gasteiger partial charge on any atom is -0.366 e. The fourth-order valence-corrected chi connectivity index (χ4v) is 6.17. The Balaban J connectivity index is 1.46. The van der Waals surface area contributed by atoms with Gasteiger partial charge in [-0.05, 0) is 49.9 Å². The van der Waals surface area contributed by atoms with Crippen LogP contribution in [0.5, 0.6) is 0 Å². The van der Waals surface area contributed by atoms with Crippen molar-refractivity contribution in [1.29, 1.82) is 0 Å². The van der Waals surface area contributed by atoms with Crippen molar-refractivity contribution in [3.8, 4) is 0 Å². The van der Waals surface area contributed by atoms with Crippen LogP contribution in [0.25, 0.3) is 0 Å². The van der Waals surface area contributed by atoms with Gasteiger partial charge in [0.25, 0.3) is 11.6 Å². The van der Waals surface area contributed by atoms with Crippen LogP contribution in [-0.4, -0.2) is 55.8 Å². The zero-order valence-corrected chi connectivity index (χ0v) is 19.9. The SMILES string of the molecule is O=C(NC1CCN(c2ccc(S(=O)(=O)N3CCCCCC3)cc2[N+](=O)[O-])CC1)c1ccccc1. The Kier molecular flexibility index (Phi) is 7.47. The third kappa shape index (κ3) is 5.39. The van der Waals surface area contributed by atoms with Gasteiger partial charge in [-0.2, -0.15) is 4.31 Å². The maximum Gasteiger partial charge on any atom is 0.293 e. The lowest BCUT2D eigenvalue weighted by Crippen LogP contribution is -2.44. The maximum absolute atomic E-state index is 13.1. The van der Waals surface area contributed by atoms with E-state index in [1.54, 1.807) is 18.2 Å². The minimum atomic E-state index is -3.77. The number of piperidine rings is 1. The second-order valence-electron chi connectivity index (χ2n) is 8.83. The molecule has 2 aromatic rings. The number of hydrogen-bond acceptors (Lipinski definition) is 6. The van der Waals surface area contributed by atoms with Gasteiger partial charge in [-0.25, -0.2) is 8.42 Å². The molecule has 0 atom stereocenters. The van der Waals surface area contributed by atoms with E-state index < -0.39 is 14.9 Å². The van der Waals surface area contributed by atoms with Gasteiger partial charge < -0.3 is 10.2 Å². The Morgan fingerprint density at radius 1 is 0.941 bits per heavy atom. The highest BCUT2D eigenvalue weighted by Crippen LogP contribution is 2.34. The molecule has 0 spiro atoms. The number of amides is 1. The minimum absolute atomic E-state index is 0.0225. The van der Waals surface area contributed by atoms with Crippen LogP contribution in [0, 0.1) is 10.1 Å². The Hall–Kier alpha value is -2.98. The summed E-state index contributed by atoms with van der Waals surface area (Å²) >= 11 is 0. The van der Waals surface area contributed by atoms with Gasteiger partial charge in [0.1, 0.15) is 5.69 Å². The lowest BCUT2D eigenvalue weighted by Gasteiger charge is -2.33. The van der Waals surface area contributed by atoms with Crippen molar-refractivity contribution in [3.63, 3.8) is 0 Å². The molecule has 1 amide bonds. The van der Waals surface area contributed by atoms with Crippen molar-refractivity contribution in [2.45, 2.75) is 49.5 Å². The molecule has 0 bridgehead atoms. The van der Waals surface area contributed by atoms with E-state index in [4.69, 9.17) is 0 Å². The van der Waals surface area contributed by atoms with E-state index in [2.05, 4.69) is 5.32 Å². The molecule has 0 aromatic heterocycles. The van der Waals surface area contributed by atoms with Crippen molar-refractivity contribution >= 4 is 27.3 Å². The highest BCUT2D eigenvalue weighted by molar-refractivity contribution is 7.89. The van der Waals surface area contributed by atoms with Crippen LogP contribution in [0.3, 0.4) is 0 Å². The number of carbonyl (C=O) groups excluding carboxylic acids is 1. The number of rotatable bonds is 6. The Morgan fingerprint density at radius 3 is 2.21 bits per heavy atom. The normalized spacial score (nSPS) is 18.3. The summed E-state index contributed by atoms with van der Waals surface area (Å²) in [7, 11) is -3.77. The highest BCUT2D eigenvalue weighted by Gasteiger charge is 2.30. The van der Waals surface area contributed by atoms with Gasteiger partial charge in [0.05, 0.1) is 9.82 Å². The fraction of sp³-hybridized carbons (Fsp3) is 0.458. The van der Waals surface area contributed by atoms with Crippen LogP contribution in [0.1, 0.15) is 48.9 Å². The number of carbonyl (C=O) groups is 1. The van der Waals surface area contributed by atoms with Crippen LogP contribution in [0.4, 0.5) is 11.4 Å². The molecule has 2 heterocycles. The third-order valence-corrected chi connectivity index (χ3v) is 8.45. The molecular formula is C24H30N4O5S.